The Morgan fingerprint density at radius 3 is 2.92 bits per heavy atom. The molecule has 0 radical (unpaired) electrons. The van der Waals surface area contributed by atoms with Crippen LogP contribution in [0.15, 0.2) is 18.2 Å². The van der Waals surface area contributed by atoms with Crippen molar-refractivity contribution in [3.8, 4) is 0 Å². The van der Waals surface area contributed by atoms with Crippen LogP contribution >= 0.6 is 0 Å². The molecule has 0 saturated carbocycles. The predicted molar refractivity (Wildman–Crippen MR) is 92.4 cm³/mol. The van der Waals surface area contributed by atoms with Crippen molar-refractivity contribution in [3.63, 3.8) is 0 Å². The quantitative estimate of drug-likeness (QED) is 0.411. The number of carbonyl (C=O) groups is 1. The fraction of sp³-hybridized carbons (Fsp3) is 0.588. The maximum atomic E-state index is 12.1. The Balaban J connectivity index is 1.99. The van der Waals surface area contributed by atoms with E-state index in [9.17, 15) is 14.9 Å². The molecule has 1 fully saturated rings. The number of nitro groups is 1. The van der Waals surface area contributed by atoms with Crippen LogP contribution in [0, 0.1) is 10.1 Å². The minimum Gasteiger partial charge on any atom is -0.377 e. The summed E-state index contributed by atoms with van der Waals surface area (Å²) >= 11 is 0. The number of unbranched alkanes of at least 4 members (excludes halogenated alkanes) is 2. The van der Waals surface area contributed by atoms with Crippen molar-refractivity contribution in [1.29, 1.82) is 0 Å². The number of anilines is 1. The first-order valence-corrected chi connectivity index (χ1v) is 8.54. The van der Waals surface area contributed by atoms with Gasteiger partial charge in [0.1, 0.15) is 5.69 Å². The lowest BCUT2D eigenvalue weighted by atomic mass is 10.1. The maximum Gasteiger partial charge on any atom is 0.293 e. The largest absolute Gasteiger partial charge is 0.377 e. The molecule has 1 aromatic rings. The molecular weight excluding hydrogens is 310 g/mol. The Morgan fingerprint density at radius 2 is 2.25 bits per heavy atom. The molecule has 1 saturated heterocycles. The van der Waals surface area contributed by atoms with Gasteiger partial charge in [-0.1, -0.05) is 19.8 Å². The van der Waals surface area contributed by atoms with Crippen LogP contribution in [0.25, 0.3) is 0 Å². The zero-order chi connectivity index (χ0) is 17.4. The minimum absolute atomic E-state index is 0.0887. The molecule has 1 unspecified atom stereocenters. The fourth-order valence-electron chi connectivity index (χ4n) is 2.68. The summed E-state index contributed by atoms with van der Waals surface area (Å²) in [6.07, 6.45) is 5.10. The highest BCUT2D eigenvalue weighted by Gasteiger charge is 2.20. The Labute approximate surface area is 141 Å². The highest BCUT2D eigenvalue weighted by atomic mass is 16.6. The average Bonchev–Trinajstić information content (AvgIpc) is 3.10. The number of nitro benzene ring substituents is 1. The third-order valence-electron chi connectivity index (χ3n) is 4.07. The van der Waals surface area contributed by atoms with Crippen LogP contribution in [0.2, 0.25) is 0 Å². The van der Waals surface area contributed by atoms with Gasteiger partial charge in [-0.2, -0.15) is 0 Å². The smallest absolute Gasteiger partial charge is 0.293 e. The van der Waals surface area contributed by atoms with Gasteiger partial charge in [0.05, 0.1) is 11.0 Å². The Morgan fingerprint density at radius 1 is 1.42 bits per heavy atom. The van der Waals surface area contributed by atoms with E-state index in [-0.39, 0.29) is 17.7 Å². The van der Waals surface area contributed by atoms with Crippen LogP contribution in [-0.2, 0) is 4.74 Å². The van der Waals surface area contributed by atoms with Gasteiger partial charge in [-0.15, -0.1) is 0 Å². The second-order valence-corrected chi connectivity index (χ2v) is 5.97. The van der Waals surface area contributed by atoms with Crippen molar-refractivity contribution in [3.05, 3.63) is 33.9 Å². The van der Waals surface area contributed by atoms with E-state index in [0.29, 0.717) is 24.3 Å². The standard InChI is InChI=1S/C17H25N3O4/c1-2-3-4-9-18-17(21)13-7-8-15(16(11-13)20(22)23)19-12-14-6-5-10-24-14/h7-8,11,14,19H,2-6,9-10,12H2,1H3,(H,18,21). The Hall–Kier alpha value is -2.15. The molecule has 0 aromatic heterocycles. The lowest BCUT2D eigenvalue weighted by Gasteiger charge is -2.12. The molecule has 2 N–H and O–H groups in total. The van der Waals surface area contributed by atoms with Crippen LogP contribution in [-0.4, -0.2) is 36.6 Å². The van der Waals surface area contributed by atoms with E-state index in [2.05, 4.69) is 17.6 Å². The lowest BCUT2D eigenvalue weighted by Crippen LogP contribution is -2.24. The number of ether oxygens (including phenoxy) is 1. The molecular formula is C17H25N3O4. The first-order chi connectivity index (χ1) is 11.6. The van der Waals surface area contributed by atoms with E-state index in [1.807, 2.05) is 0 Å². The second-order valence-electron chi connectivity index (χ2n) is 5.97. The van der Waals surface area contributed by atoms with E-state index in [1.54, 1.807) is 12.1 Å². The van der Waals surface area contributed by atoms with Gasteiger partial charge in [0, 0.05) is 31.3 Å². The maximum absolute atomic E-state index is 12.1. The molecule has 132 valence electrons. The van der Waals surface area contributed by atoms with Gasteiger partial charge >= 0.3 is 0 Å². The van der Waals surface area contributed by atoms with Gasteiger partial charge in [0.15, 0.2) is 0 Å². The van der Waals surface area contributed by atoms with E-state index in [0.717, 1.165) is 38.7 Å². The number of amides is 1. The van der Waals surface area contributed by atoms with E-state index in [4.69, 9.17) is 4.74 Å². The Kier molecular flexibility index (Phi) is 6.99. The second kappa shape index (κ2) is 9.22. The molecule has 2 rings (SSSR count). The summed E-state index contributed by atoms with van der Waals surface area (Å²) in [5.41, 5.74) is 0.633. The van der Waals surface area contributed by atoms with Gasteiger partial charge in [0.2, 0.25) is 0 Å². The van der Waals surface area contributed by atoms with Crippen molar-refractivity contribution in [1.82, 2.24) is 5.32 Å². The van der Waals surface area contributed by atoms with Crippen molar-refractivity contribution in [2.45, 2.75) is 45.1 Å². The van der Waals surface area contributed by atoms with Crippen LogP contribution in [0.3, 0.4) is 0 Å². The molecule has 0 aliphatic carbocycles. The monoisotopic (exact) mass is 335 g/mol. The van der Waals surface area contributed by atoms with E-state index < -0.39 is 4.92 Å². The zero-order valence-corrected chi connectivity index (χ0v) is 14.0. The molecule has 7 heteroatoms. The molecule has 24 heavy (non-hydrogen) atoms. The van der Waals surface area contributed by atoms with E-state index >= 15 is 0 Å². The summed E-state index contributed by atoms with van der Waals surface area (Å²) in [4.78, 5) is 22.9. The third-order valence-corrected chi connectivity index (χ3v) is 4.07. The van der Waals surface area contributed by atoms with Crippen LogP contribution in [0.5, 0.6) is 0 Å². The molecule has 0 bridgehead atoms. The highest BCUT2D eigenvalue weighted by Crippen LogP contribution is 2.26. The van der Waals surface area contributed by atoms with Crippen molar-refractivity contribution < 1.29 is 14.5 Å². The number of rotatable bonds is 9. The van der Waals surface area contributed by atoms with E-state index in [1.165, 1.54) is 6.07 Å². The van der Waals surface area contributed by atoms with Crippen molar-refractivity contribution in [2.24, 2.45) is 0 Å². The fourth-order valence-corrected chi connectivity index (χ4v) is 2.68. The highest BCUT2D eigenvalue weighted by molar-refractivity contribution is 5.95. The first-order valence-electron chi connectivity index (χ1n) is 8.54. The number of hydrogen-bond acceptors (Lipinski definition) is 5. The predicted octanol–water partition coefficient (Wildman–Crippen LogP) is 3.11. The molecule has 1 atom stereocenters. The number of carbonyl (C=O) groups excluding carboxylic acids is 1. The number of hydrogen-bond donors (Lipinski definition) is 2. The van der Waals surface area contributed by atoms with Crippen LogP contribution < -0.4 is 10.6 Å². The van der Waals surface area contributed by atoms with Gasteiger partial charge in [-0.25, -0.2) is 0 Å². The molecule has 1 aromatic carbocycles. The minimum atomic E-state index is -0.467. The van der Waals surface area contributed by atoms with Crippen molar-refractivity contribution in [2.75, 3.05) is 25.0 Å². The number of benzene rings is 1. The SMILES string of the molecule is CCCCCNC(=O)c1ccc(NCC2CCCO2)c([N+](=O)[O-])c1. The number of nitrogens with one attached hydrogen (secondary N) is 2. The summed E-state index contributed by atoms with van der Waals surface area (Å²) in [5, 5.41) is 17.2. The Bertz CT molecular complexity index is 571. The van der Waals surface area contributed by atoms with Gasteiger partial charge in [-0.3, -0.25) is 14.9 Å². The average molecular weight is 335 g/mol. The molecule has 1 heterocycles. The van der Waals surface area contributed by atoms with Gasteiger partial charge in [-0.05, 0) is 31.4 Å². The molecule has 1 aliphatic heterocycles. The molecule has 0 spiro atoms. The topological polar surface area (TPSA) is 93.5 Å². The summed E-state index contributed by atoms with van der Waals surface area (Å²) in [6.45, 7) is 3.95. The molecule has 1 aliphatic rings. The summed E-state index contributed by atoms with van der Waals surface area (Å²) in [6, 6.07) is 4.53. The normalized spacial score (nSPS) is 16.8. The van der Waals surface area contributed by atoms with Gasteiger partial charge < -0.3 is 15.4 Å². The molecule has 1 amide bonds. The van der Waals surface area contributed by atoms with Crippen LogP contribution in [0.1, 0.15) is 49.4 Å². The van der Waals surface area contributed by atoms with Crippen LogP contribution in [0.4, 0.5) is 11.4 Å². The van der Waals surface area contributed by atoms with Gasteiger partial charge in [0.25, 0.3) is 11.6 Å². The molecule has 7 nitrogen and oxygen atoms in total. The zero-order valence-electron chi connectivity index (χ0n) is 14.0. The summed E-state index contributed by atoms with van der Waals surface area (Å²) in [7, 11) is 0. The summed E-state index contributed by atoms with van der Waals surface area (Å²) < 4.78 is 5.50. The summed E-state index contributed by atoms with van der Waals surface area (Å²) in [5.74, 6) is -0.278. The lowest BCUT2D eigenvalue weighted by molar-refractivity contribution is -0.384. The first kappa shape index (κ1) is 18.2. The van der Waals surface area contributed by atoms with Crippen molar-refractivity contribution >= 4 is 17.3 Å². The third kappa shape index (κ3) is 5.19. The number of nitrogens with zero attached hydrogens (tertiary/aromatic N) is 1.